The zero-order valence-electron chi connectivity index (χ0n) is 13.7. The van der Waals surface area contributed by atoms with Crippen LogP contribution in [0.4, 0.5) is 5.69 Å². The van der Waals surface area contributed by atoms with Crippen LogP contribution in [-0.4, -0.2) is 31.3 Å². The molecule has 0 N–H and O–H groups in total. The van der Waals surface area contributed by atoms with E-state index in [2.05, 4.69) is 13.8 Å². The fraction of sp³-hybridized carbons (Fsp3) is 0.588. The molecular weight excluding hydrogens is 266 g/mol. The average molecular weight is 291 g/mol. The van der Waals surface area contributed by atoms with Gasteiger partial charge >= 0.3 is 0 Å². The summed E-state index contributed by atoms with van der Waals surface area (Å²) in [6.45, 7) is 11.8. The maximum Gasteiger partial charge on any atom is 0.270 e. The maximum absolute atomic E-state index is 12.6. The summed E-state index contributed by atoms with van der Waals surface area (Å²) in [5, 5.41) is 0. The molecule has 1 aliphatic rings. The monoisotopic (exact) mass is 291 g/mol. The molecule has 0 atom stereocenters. The first-order valence-electron chi connectivity index (χ1n) is 7.56. The molecule has 1 amide bonds. The van der Waals surface area contributed by atoms with Gasteiger partial charge in [0.15, 0.2) is 5.60 Å². The van der Waals surface area contributed by atoms with E-state index in [0.29, 0.717) is 19.8 Å². The Balaban J connectivity index is 2.30. The highest BCUT2D eigenvalue weighted by Gasteiger charge is 2.40. The van der Waals surface area contributed by atoms with Gasteiger partial charge in [0.25, 0.3) is 5.91 Å². The van der Waals surface area contributed by atoms with Gasteiger partial charge in [-0.2, -0.15) is 0 Å². The van der Waals surface area contributed by atoms with E-state index in [0.717, 1.165) is 17.9 Å². The highest BCUT2D eigenvalue weighted by molar-refractivity contribution is 6.02. The van der Waals surface area contributed by atoms with E-state index in [9.17, 15) is 4.79 Å². The number of hydrogen-bond donors (Lipinski definition) is 0. The Morgan fingerprint density at radius 2 is 1.90 bits per heavy atom. The SMILES string of the molecule is CCOCCCN1C(=O)C(C)(C)Oc2cc(C)c(C)cc21. The van der Waals surface area contributed by atoms with E-state index in [4.69, 9.17) is 9.47 Å². The number of nitrogens with zero attached hydrogens (tertiary/aromatic N) is 1. The zero-order valence-corrected chi connectivity index (χ0v) is 13.7. The van der Waals surface area contributed by atoms with Crippen LogP contribution in [0.3, 0.4) is 0 Å². The van der Waals surface area contributed by atoms with Crippen LogP contribution in [0.5, 0.6) is 5.75 Å². The lowest BCUT2D eigenvalue weighted by Gasteiger charge is -2.39. The molecule has 0 radical (unpaired) electrons. The lowest BCUT2D eigenvalue weighted by atomic mass is 10.0. The summed E-state index contributed by atoms with van der Waals surface area (Å²) in [4.78, 5) is 14.5. The van der Waals surface area contributed by atoms with Gasteiger partial charge in [0, 0.05) is 19.8 Å². The normalized spacial score (nSPS) is 16.6. The minimum Gasteiger partial charge on any atom is -0.476 e. The molecular formula is C17H25NO3. The van der Waals surface area contributed by atoms with Gasteiger partial charge in [-0.25, -0.2) is 0 Å². The van der Waals surface area contributed by atoms with E-state index in [-0.39, 0.29) is 5.91 Å². The van der Waals surface area contributed by atoms with E-state index in [1.165, 1.54) is 11.1 Å². The summed E-state index contributed by atoms with van der Waals surface area (Å²) < 4.78 is 11.3. The van der Waals surface area contributed by atoms with Crippen molar-refractivity contribution in [2.24, 2.45) is 0 Å². The summed E-state index contributed by atoms with van der Waals surface area (Å²) >= 11 is 0. The average Bonchev–Trinajstić information content (AvgIpc) is 2.41. The first kappa shape index (κ1) is 15.8. The van der Waals surface area contributed by atoms with Crippen molar-refractivity contribution in [1.82, 2.24) is 0 Å². The van der Waals surface area contributed by atoms with Crippen LogP contribution in [0.1, 0.15) is 38.3 Å². The number of rotatable bonds is 5. The lowest BCUT2D eigenvalue weighted by Crippen LogP contribution is -2.53. The summed E-state index contributed by atoms with van der Waals surface area (Å²) in [7, 11) is 0. The molecule has 4 heteroatoms. The number of anilines is 1. The van der Waals surface area contributed by atoms with Crippen LogP contribution in [-0.2, 0) is 9.53 Å². The van der Waals surface area contributed by atoms with E-state index >= 15 is 0 Å². The second-order valence-corrected chi connectivity index (χ2v) is 6.02. The Morgan fingerprint density at radius 3 is 2.57 bits per heavy atom. The molecule has 1 aromatic carbocycles. The molecule has 0 aliphatic carbocycles. The van der Waals surface area contributed by atoms with E-state index < -0.39 is 5.60 Å². The van der Waals surface area contributed by atoms with Gasteiger partial charge in [-0.05, 0) is 64.3 Å². The summed E-state index contributed by atoms with van der Waals surface area (Å²) in [6, 6.07) is 4.06. The minimum atomic E-state index is -0.819. The topological polar surface area (TPSA) is 38.8 Å². The number of hydrogen-bond acceptors (Lipinski definition) is 3. The first-order chi connectivity index (χ1) is 9.86. The Bertz CT molecular complexity index is 537. The van der Waals surface area contributed by atoms with Crippen molar-refractivity contribution in [3.05, 3.63) is 23.3 Å². The number of amides is 1. The van der Waals surface area contributed by atoms with E-state index in [1.807, 2.05) is 37.8 Å². The summed E-state index contributed by atoms with van der Waals surface area (Å²) in [5.41, 5.74) is 2.40. The summed E-state index contributed by atoms with van der Waals surface area (Å²) in [6.07, 6.45) is 0.821. The molecule has 1 aliphatic heterocycles. The van der Waals surface area contributed by atoms with Crippen LogP contribution < -0.4 is 9.64 Å². The number of carbonyl (C=O) groups excluding carboxylic acids is 1. The summed E-state index contributed by atoms with van der Waals surface area (Å²) in [5.74, 6) is 0.800. The number of aryl methyl sites for hydroxylation is 2. The second kappa shape index (κ2) is 6.06. The van der Waals surface area contributed by atoms with Crippen molar-refractivity contribution >= 4 is 11.6 Å². The molecule has 116 valence electrons. The van der Waals surface area contributed by atoms with Gasteiger partial charge in [0.2, 0.25) is 0 Å². The number of fused-ring (bicyclic) bond motifs is 1. The van der Waals surface area contributed by atoms with Crippen molar-refractivity contribution in [3.8, 4) is 5.75 Å². The molecule has 1 aromatic rings. The number of carbonyl (C=O) groups is 1. The van der Waals surface area contributed by atoms with Crippen LogP contribution in [0.15, 0.2) is 12.1 Å². The van der Waals surface area contributed by atoms with Gasteiger partial charge < -0.3 is 14.4 Å². The maximum atomic E-state index is 12.6. The van der Waals surface area contributed by atoms with Crippen molar-refractivity contribution in [2.75, 3.05) is 24.7 Å². The van der Waals surface area contributed by atoms with Gasteiger partial charge in [0.1, 0.15) is 5.75 Å². The molecule has 1 heterocycles. The van der Waals surface area contributed by atoms with Crippen molar-refractivity contribution in [1.29, 1.82) is 0 Å². The third-order valence-corrected chi connectivity index (χ3v) is 3.87. The highest BCUT2D eigenvalue weighted by atomic mass is 16.5. The quantitative estimate of drug-likeness (QED) is 0.782. The molecule has 2 rings (SSSR count). The fourth-order valence-corrected chi connectivity index (χ4v) is 2.51. The van der Waals surface area contributed by atoms with Crippen molar-refractivity contribution < 1.29 is 14.3 Å². The predicted octanol–water partition coefficient (Wildman–Crippen LogP) is 3.23. The minimum absolute atomic E-state index is 0.00903. The van der Waals surface area contributed by atoms with Crippen LogP contribution in [0.25, 0.3) is 0 Å². The van der Waals surface area contributed by atoms with Gasteiger partial charge in [-0.1, -0.05) is 0 Å². The molecule has 0 saturated carbocycles. The standard InChI is InChI=1S/C17H25NO3/c1-6-20-9-7-8-18-14-10-12(2)13(3)11-15(14)21-17(4,5)16(18)19/h10-11H,6-9H2,1-5H3. The Kier molecular flexibility index (Phi) is 4.57. The van der Waals surface area contributed by atoms with Crippen LogP contribution in [0.2, 0.25) is 0 Å². The Hall–Kier alpha value is -1.55. The van der Waals surface area contributed by atoms with Crippen molar-refractivity contribution in [3.63, 3.8) is 0 Å². The third kappa shape index (κ3) is 3.21. The lowest BCUT2D eigenvalue weighted by molar-refractivity contribution is -0.132. The molecule has 4 nitrogen and oxygen atoms in total. The largest absolute Gasteiger partial charge is 0.476 e. The smallest absolute Gasteiger partial charge is 0.270 e. The first-order valence-corrected chi connectivity index (χ1v) is 7.56. The third-order valence-electron chi connectivity index (χ3n) is 3.87. The fourth-order valence-electron chi connectivity index (χ4n) is 2.51. The van der Waals surface area contributed by atoms with Crippen LogP contribution in [0, 0.1) is 13.8 Å². The molecule has 0 fully saturated rings. The highest BCUT2D eigenvalue weighted by Crippen LogP contribution is 2.39. The number of ether oxygens (including phenoxy) is 2. The predicted molar refractivity (Wildman–Crippen MR) is 84.1 cm³/mol. The second-order valence-electron chi connectivity index (χ2n) is 6.02. The molecule has 0 spiro atoms. The van der Waals surface area contributed by atoms with E-state index in [1.54, 1.807) is 0 Å². The molecule has 21 heavy (non-hydrogen) atoms. The molecule has 0 aromatic heterocycles. The van der Waals surface area contributed by atoms with Crippen molar-refractivity contribution in [2.45, 2.75) is 46.6 Å². The molecule has 0 unspecified atom stereocenters. The van der Waals surface area contributed by atoms with Gasteiger partial charge in [-0.3, -0.25) is 4.79 Å². The Labute approximate surface area is 127 Å². The van der Waals surface area contributed by atoms with Gasteiger partial charge in [0.05, 0.1) is 5.69 Å². The molecule has 0 bridgehead atoms. The van der Waals surface area contributed by atoms with Gasteiger partial charge in [-0.15, -0.1) is 0 Å². The van der Waals surface area contributed by atoms with Crippen LogP contribution >= 0.6 is 0 Å². The Morgan fingerprint density at radius 1 is 1.24 bits per heavy atom. The zero-order chi connectivity index (χ0) is 15.6. The number of benzene rings is 1. The molecule has 0 saturated heterocycles.